The number of carbonyl (C=O) groups is 3. The molecule has 4 rings (SSSR count). The molecule has 0 unspecified atom stereocenters. The number of benzene rings is 3. The number of nitrogens with zero attached hydrogens (tertiary/aromatic N) is 2. The number of barbiturate groups is 1. The van der Waals surface area contributed by atoms with Crippen LogP contribution in [0.5, 0.6) is 11.5 Å². The van der Waals surface area contributed by atoms with Gasteiger partial charge >= 0.3 is 6.03 Å². The van der Waals surface area contributed by atoms with Gasteiger partial charge in [-0.15, -0.1) is 0 Å². The topological polar surface area (TPSA) is 76.2 Å². The molecule has 8 heteroatoms. The van der Waals surface area contributed by atoms with Gasteiger partial charge < -0.3 is 9.47 Å². The Bertz CT molecular complexity index is 1350. The summed E-state index contributed by atoms with van der Waals surface area (Å²) >= 11 is 2.14. The second-order valence-corrected chi connectivity index (χ2v) is 9.74. The summed E-state index contributed by atoms with van der Waals surface area (Å²) in [4.78, 5) is 43.3. The summed E-state index contributed by atoms with van der Waals surface area (Å²) in [5.74, 6) is -0.277. The van der Waals surface area contributed by atoms with Crippen LogP contribution < -0.4 is 19.3 Å². The number of carbonyl (C=O) groups excluding carboxylic acids is 3. The maximum Gasteiger partial charge on any atom is 0.343 e. The van der Waals surface area contributed by atoms with Gasteiger partial charge in [0.2, 0.25) is 0 Å². The highest BCUT2D eigenvalue weighted by molar-refractivity contribution is 14.1. The van der Waals surface area contributed by atoms with Gasteiger partial charge in [0.25, 0.3) is 11.8 Å². The molecule has 1 heterocycles. The van der Waals surface area contributed by atoms with Crippen LogP contribution in [-0.4, -0.2) is 31.6 Å². The summed E-state index contributed by atoms with van der Waals surface area (Å²) in [5, 5.41) is 0. The van der Waals surface area contributed by atoms with Gasteiger partial charge in [0.05, 0.1) is 28.7 Å². The lowest BCUT2D eigenvalue weighted by atomic mass is 10.0. The monoisotopic (exact) mass is 610 g/mol. The van der Waals surface area contributed by atoms with Crippen molar-refractivity contribution in [3.63, 3.8) is 0 Å². The number of halogens is 1. The molecule has 1 fully saturated rings. The summed E-state index contributed by atoms with van der Waals surface area (Å²) in [6.07, 6.45) is 2.34. The van der Waals surface area contributed by atoms with Gasteiger partial charge in [-0.3, -0.25) is 9.59 Å². The summed E-state index contributed by atoms with van der Waals surface area (Å²) in [7, 11) is 1.54. The smallest absolute Gasteiger partial charge is 0.343 e. The first-order chi connectivity index (χ1) is 17.8. The van der Waals surface area contributed by atoms with Crippen LogP contribution in [0.25, 0.3) is 6.08 Å². The minimum atomic E-state index is -0.716. The molecule has 1 saturated heterocycles. The molecule has 0 aromatic heterocycles. The molecule has 0 bridgehead atoms. The number of imide groups is 2. The molecule has 7 nitrogen and oxygen atoms in total. The van der Waals surface area contributed by atoms with E-state index in [1.54, 1.807) is 30.3 Å². The van der Waals surface area contributed by atoms with E-state index in [1.807, 2.05) is 51.1 Å². The van der Waals surface area contributed by atoms with Gasteiger partial charge in [-0.1, -0.05) is 43.3 Å². The Kier molecular flexibility index (Phi) is 7.97. The normalized spacial score (nSPS) is 13.8. The fraction of sp³-hybridized carbons (Fsp3) is 0.207. The molecule has 0 spiro atoms. The lowest BCUT2D eigenvalue weighted by Crippen LogP contribution is -2.57. The zero-order valence-corrected chi connectivity index (χ0v) is 23.2. The van der Waals surface area contributed by atoms with Crippen LogP contribution in [0.3, 0.4) is 0 Å². The number of rotatable bonds is 7. The summed E-state index contributed by atoms with van der Waals surface area (Å²) in [6, 6.07) is 17.0. The minimum Gasteiger partial charge on any atom is -0.493 e. The van der Waals surface area contributed by atoms with Crippen LogP contribution in [-0.2, 0) is 9.59 Å². The van der Waals surface area contributed by atoms with Crippen molar-refractivity contribution in [1.29, 1.82) is 0 Å². The Morgan fingerprint density at radius 1 is 0.865 bits per heavy atom. The van der Waals surface area contributed by atoms with Gasteiger partial charge in [-0.05, 0) is 89.9 Å². The summed E-state index contributed by atoms with van der Waals surface area (Å²) in [6.45, 7) is 6.18. The highest BCUT2D eigenvalue weighted by Crippen LogP contribution is 2.36. The Hall–Kier alpha value is -3.66. The molecule has 1 aliphatic rings. The molecular formula is C29H27IN2O5. The number of methoxy groups -OCH3 is 1. The van der Waals surface area contributed by atoms with E-state index in [0.717, 1.165) is 30.9 Å². The number of ether oxygens (including phenoxy) is 2. The Labute approximate surface area is 229 Å². The second kappa shape index (κ2) is 11.2. The van der Waals surface area contributed by atoms with Gasteiger partial charge in [0, 0.05) is 0 Å². The van der Waals surface area contributed by atoms with Gasteiger partial charge in [0.1, 0.15) is 5.57 Å². The number of hydrogen-bond donors (Lipinski definition) is 0. The summed E-state index contributed by atoms with van der Waals surface area (Å²) < 4.78 is 12.1. The van der Waals surface area contributed by atoms with E-state index in [-0.39, 0.29) is 5.57 Å². The van der Waals surface area contributed by atoms with E-state index in [1.165, 1.54) is 13.2 Å². The lowest BCUT2D eigenvalue weighted by molar-refractivity contribution is -0.121. The largest absolute Gasteiger partial charge is 0.493 e. The van der Waals surface area contributed by atoms with Crippen LogP contribution >= 0.6 is 22.6 Å². The SMILES string of the molecule is CCCOc1c(I)cc(C=C2C(=O)N(c3ccccc3C)C(=O)N(c3ccccc3C)C2=O)cc1OC. The fourth-order valence-electron chi connectivity index (χ4n) is 4.12. The number of hydrogen-bond acceptors (Lipinski definition) is 5. The predicted molar refractivity (Wildman–Crippen MR) is 152 cm³/mol. The van der Waals surface area contributed by atoms with Crippen LogP contribution in [0.2, 0.25) is 0 Å². The van der Waals surface area contributed by atoms with Crippen molar-refractivity contribution in [2.75, 3.05) is 23.5 Å². The third kappa shape index (κ3) is 5.11. The maximum absolute atomic E-state index is 13.7. The molecule has 0 aliphatic carbocycles. The van der Waals surface area contributed by atoms with Gasteiger partial charge in [-0.2, -0.15) is 0 Å². The molecule has 0 saturated carbocycles. The molecule has 3 aromatic carbocycles. The molecular weight excluding hydrogens is 583 g/mol. The highest BCUT2D eigenvalue weighted by atomic mass is 127. The molecule has 4 amide bonds. The van der Waals surface area contributed by atoms with Crippen LogP contribution in [0, 0.1) is 17.4 Å². The zero-order valence-electron chi connectivity index (χ0n) is 21.1. The quantitative estimate of drug-likeness (QED) is 0.179. The van der Waals surface area contributed by atoms with Crippen molar-refractivity contribution >= 4 is 57.9 Å². The molecule has 190 valence electrons. The molecule has 1 aliphatic heterocycles. The average molecular weight is 610 g/mol. The number of urea groups is 1. The highest BCUT2D eigenvalue weighted by Gasteiger charge is 2.44. The number of para-hydroxylation sites is 2. The van der Waals surface area contributed by atoms with E-state index >= 15 is 0 Å². The first-order valence-corrected chi connectivity index (χ1v) is 12.9. The molecule has 0 radical (unpaired) electrons. The zero-order chi connectivity index (χ0) is 26.7. The van der Waals surface area contributed by atoms with E-state index in [0.29, 0.717) is 35.0 Å². The Morgan fingerprint density at radius 2 is 1.41 bits per heavy atom. The third-order valence-electron chi connectivity index (χ3n) is 5.98. The van der Waals surface area contributed by atoms with E-state index in [2.05, 4.69) is 22.6 Å². The molecule has 3 aromatic rings. The Morgan fingerprint density at radius 3 is 1.89 bits per heavy atom. The van der Waals surface area contributed by atoms with Crippen LogP contribution in [0.1, 0.15) is 30.0 Å². The van der Waals surface area contributed by atoms with E-state index in [4.69, 9.17) is 9.47 Å². The van der Waals surface area contributed by atoms with Crippen LogP contribution in [0.4, 0.5) is 16.2 Å². The van der Waals surface area contributed by atoms with Crippen molar-refractivity contribution in [3.05, 3.63) is 86.5 Å². The van der Waals surface area contributed by atoms with Crippen molar-refractivity contribution < 1.29 is 23.9 Å². The lowest BCUT2D eigenvalue weighted by Gasteiger charge is -2.35. The second-order valence-electron chi connectivity index (χ2n) is 8.58. The number of aryl methyl sites for hydroxylation is 2. The first kappa shape index (κ1) is 26.4. The molecule has 0 atom stereocenters. The molecule has 37 heavy (non-hydrogen) atoms. The first-order valence-electron chi connectivity index (χ1n) is 11.8. The van der Waals surface area contributed by atoms with Gasteiger partial charge in [-0.25, -0.2) is 14.6 Å². The van der Waals surface area contributed by atoms with E-state index < -0.39 is 17.8 Å². The molecule has 0 N–H and O–H groups in total. The van der Waals surface area contributed by atoms with Crippen molar-refractivity contribution in [2.45, 2.75) is 27.2 Å². The average Bonchev–Trinajstić information content (AvgIpc) is 2.88. The fourth-order valence-corrected chi connectivity index (χ4v) is 4.90. The number of anilines is 2. The predicted octanol–water partition coefficient (Wildman–Crippen LogP) is 6.29. The minimum absolute atomic E-state index is 0.133. The Balaban J connectivity index is 1.89. The summed E-state index contributed by atoms with van der Waals surface area (Å²) in [5.41, 5.74) is 2.75. The van der Waals surface area contributed by atoms with Crippen molar-refractivity contribution in [1.82, 2.24) is 0 Å². The van der Waals surface area contributed by atoms with Gasteiger partial charge in [0.15, 0.2) is 11.5 Å². The maximum atomic E-state index is 13.7. The van der Waals surface area contributed by atoms with E-state index in [9.17, 15) is 14.4 Å². The third-order valence-corrected chi connectivity index (χ3v) is 6.78. The number of amides is 4. The van der Waals surface area contributed by atoms with Crippen molar-refractivity contribution in [2.24, 2.45) is 0 Å². The van der Waals surface area contributed by atoms with Crippen LogP contribution in [0.15, 0.2) is 66.2 Å². The standard InChI is InChI=1S/C29H27IN2O5/c1-5-14-37-26-22(30)16-20(17-25(26)36-4)15-21-27(33)31(23-12-8-6-10-18(23)2)29(35)32(28(21)34)24-13-9-7-11-19(24)3/h6-13,15-17H,5,14H2,1-4H3. The van der Waals surface area contributed by atoms with Crippen molar-refractivity contribution in [3.8, 4) is 11.5 Å².